The summed E-state index contributed by atoms with van der Waals surface area (Å²) in [5.41, 5.74) is 0. The molecule has 2 rings (SSSR count). The third-order valence-electron chi connectivity index (χ3n) is 3.41. The van der Waals surface area contributed by atoms with E-state index in [0.717, 1.165) is 30.2 Å². The van der Waals surface area contributed by atoms with E-state index in [2.05, 4.69) is 5.32 Å². The minimum absolute atomic E-state index is 0.0696. The van der Waals surface area contributed by atoms with Gasteiger partial charge in [0.2, 0.25) is 11.0 Å². The summed E-state index contributed by atoms with van der Waals surface area (Å²) in [5, 5.41) is 2.89. The molecule has 2 heterocycles. The Morgan fingerprint density at radius 3 is 2.62 bits per heavy atom. The first-order valence-electron chi connectivity index (χ1n) is 6.91. The molecule has 0 spiro atoms. The van der Waals surface area contributed by atoms with Crippen LogP contribution < -0.4 is 5.32 Å². The molecule has 7 nitrogen and oxygen atoms in total. The van der Waals surface area contributed by atoms with Crippen LogP contribution >= 0.6 is 0 Å². The zero-order valence-corrected chi connectivity index (χ0v) is 13.1. The van der Waals surface area contributed by atoms with Crippen molar-refractivity contribution in [2.24, 2.45) is 0 Å². The summed E-state index contributed by atoms with van der Waals surface area (Å²) in [6, 6.07) is 3.03. The van der Waals surface area contributed by atoms with Crippen molar-refractivity contribution in [1.82, 2.24) is 14.5 Å². The Morgan fingerprint density at radius 1 is 1.33 bits per heavy atom. The van der Waals surface area contributed by atoms with Crippen molar-refractivity contribution in [1.29, 1.82) is 0 Å². The van der Waals surface area contributed by atoms with E-state index in [4.69, 9.17) is 4.42 Å². The molecule has 1 fully saturated rings. The number of rotatable bonds is 6. The van der Waals surface area contributed by atoms with Gasteiger partial charge in [-0.1, -0.05) is 0 Å². The van der Waals surface area contributed by atoms with Crippen LogP contribution in [0.2, 0.25) is 0 Å². The highest BCUT2D eigenvalue weighted by atomic mass is 32.2. The van der Waals surface area contributed by atoms with Gasteiger partial charge in [0, 0.05) is 27.2 Å². The van der Waals surface area contributed by atoms with Crippen LogP contribution in [0.15, 0.2) is 21.6 Å². The molecule has 0 unspecified atom stereocenters. The van der Waals surface area contributed by atoms with Crippen LogP contribution in [0.4, 0.5) is 0 Å². The van der Waals surface area contributed by atoms with Gasteiger partial charge in [-0.25, -0.2) is 12.7 Å². The van der Waals surface area contributed by atoms with Crippen molar-refractivity contribution in [3.8, 4) is 0 Å². The lowest BCUT2D eigenvalue weighted by Gasteiger charge is -2.15. The lowest BCUT2D eigenvalue weighted by atomic mass is 10.4. The molecule has 0 aliphatic carbocycles. The molecule has 1 amide bonds. The number of carbonyl (C=O) groups is 1. The number of furan rings is 1. The Kier molecular flexibility index (Phi) is 5.02. The zero-order valence-electron chi connectivity index (χ0n) is 12.3. The Labute approximate surface area is 124 Å². The molecule has 1 aliphatic rings. The summed E-state index contributed by atoms with van der Waals surface area (Å²) in [6.07, 6.45) is 2.13. The van der Waals surface area contributed by atoms with E-state index in [1.807, 2.05) is 4.90 Å². The monoisotopic (exact) mass is 315 g/mol. The van der Waals surface area contributed by atoms with Crippen LogP contribution in [-0.4, -0.2) is 57.3 Å². The van der Waals surface area contributed by atoms with Gasteiger partial charge in [0.1, 0.15) is 5.76 Å². The summed E-state index contributed by atoms with van der Waals surface area (Å²) in [4.78, 5) is 13.6. The Morgan fingerprint density at radius 2 is 2.00 bits per heavy atom. The predicted molar refractivity (Wildman–Crippen MR) is 77.1 cm³/mol. The maximum Gasteiger partial charge on any atom is 0.275 e. The zero-order chi connectivity index (χ0) is 15.5. The van der Waals surface area contributed by atoms with Crippen LogP contribution in [0.3, 0.4) is 0 Å². The second-order valence-electron chi connectivity index (χ2n) is 5.20. The molecule has 0 aromatic carbocycles. The molecule has 1 aromatic rings. The number of nitrogens with one attached hydrogen (secondary N) is 1. The van der Waals surface area contributed by atoms with E-state index in [0.29, 0.717) is 12.3 Å². The topological polar surface area (TPSA) is 82.9 Å². The largest absolute Gasteiger partial charge is 0.447 e. The van der Waals surface area contributed by atoms with Gasteiger partial charge in [-0.2, -0.15) is 0 Å². The summed E-state index contributed by atoms with van der Waals surface area (Å²) in [7, 11) is -0.649. The third-order valence-corrected chi connectivity index (χ3v) is 5.10. The van der Waals surface area contributed by atoms with Gasteiger partial charge in [0.05, 0.1) is 13.1 Å². The molecule has 0 radical (unpaired) electrons. The fourth-order valence-corrected chi connectivity index (χ4v) is 2.96. The van der Waals surface area contributed by atoms with Crippen molar-refractivity contribution in [3.05, 3.63) is 17.9 Å². The highest BCUT2D eigenvalue weighted by Crippen LogP contribution is 2.16. The van der Waals surface area contributed by atoms with Gasteiger partial charge in [-0.15, -0.1) is 0 Å². The van der Waals surface area contributed by atoms with Crippen LogP contribution in [0.1, 0.15) is 18.6 Å². The molecule has 1 N–H and O–H groups in total. The fraction of sp³-hybridized carbons (Fsp3) is 0.615. The number of amides is 1. The maximum absolute atomic E-state index is 11.9. The molecule has 8 heteroatoms. The van der Waals surface area contributed by atoms with Crippen LogP contribution in [0, 0.1) is 0 Å². The van der Waals surface area contributed by atoms with Gasteiger partial charge in [-0.05, 0) is 25.0 Å². The number of nitrogens with zero attached hydrogens (tertiary/aromatic N) is 2. The Balaban J connectivity index is 1.84. The van der Waals surface area contributed by atoms with Crippen molar-refractivity contribution < 1.29 is 17.6 Å². The van der Waals surface area contributed by atoms with Gasteiger partial charge >= 0.3 is 0 Å². The summed E-state index contributed by atoms with van der Waals surface area (Å²) < 4.78 is 30.1. The van der Waals surface area contributed by atoms with Crippen LogP contribution in [0.5, 0.6) is 0 Å². The quantitative estimate of drug-likeness (QED) is 0.813. The first-order valence-corrected chi connectivity index (χ1v) is 8.35. The van der Waals surface area contributed by atoms with E-state index in [9.17, 15) is 13.2 Å². The number of sulfonamides is 1. The van der Waals surface area contributed by atoms with Crippen LogP contribution in [0.25, 0.3) is 0 Å². The molecule has 0 saturated carbocycles. The lowest BCUT2D eigenvalue weighted by Crippen LogP contribution is -2.35. The standard InChI is InChI=1S/C13H21N3O4S/c1-15(2)21(18,19)13-6-5-11(20-13)9-14-10-12(17)16-7-3-4-8-16/h5-6,14H,3-4,7-10H2,1-2H3. The van der Waals surface area contributed by atoms with E-state index in [1.165, 1.54) is 20.2 Å². The van der Waals surface area contributed by atoms with Crippen LogP contribution in [-0.2, 0) is 21.4 Å². The number of hydrogen-bond donors (Lipinski definition) is 1. The average Bonchev–Trinajstić information content (AvgIpc) is 3.10. The van der Waals surface area contributed by atoms with Gasteiger partial charge < -0.3 is 14.6 Å². The van der Waals surface area contributed by atoms with Gasteiger partial charge in [0.15, 0.2) is 0 Å². The van der Waals surface area contributed by atoms with Crippen molar-refractivity contribution in [2.45, 2.75) is 24.5 Å². The minimum atomic E-state index is -3.55. The molecular formula is C13H21N3O4S. The molecule has 118 valence electrons. The Bertz CT molecular complexity index is 588. The smallest absolute Gasteiger partial charge is 0.275 e. The second kappa shape index (κ2) is 6.59. The van der Waals surface area contributed by atoms with E-state index in [-0.39, 0.29) is 17.5 Å². The van der Waals surface area contributed by atoms with Crippen molar-refractivity contribution in [2.75, 3.05) is 33.7 Å². The lowest BCUT2D eigenvalue weighted by molar-refractivity contribution is -0.129. The maximum atomic E-state index is 11.9. The summed E-state index contributed by atoms with van der Waals surface area (Å²) >= 11 is 0. The number of carbonyl (C=O) groups excluding carboxylic acids is 1. The molecule has 1 aliphatic heterocycles. The second-order valence-corrected chi connectivity index (χ2v) is 7.28. The van der Waals surface area contributed by atoms with Crippen molar-refractivity contribution >= 4 is 15.9 Å². The number of hydrogen-bond acceptors (Lipinski definition) is 5. The highest BCUT2D eigenvalue weighted by Gasteiger charge is 2.21. The minimum Gasteiger partial charge on any atom is -0.447 e. The number of likely N-dealkylation sites (tertiary alicyclic amines) is 1. The molecule has 0 bridgehead atoms. The van der Waals surface area contributed by atoms with E-state index in [1.54, 1.807) is 6.07 Å². The van der Waals surface area contributed by atoms with Gasteiger partial charge in [-0.3, -0.25) is 4.79 Å². The third kappa shape index (κ3) is 3.84. The first kappa shape index (κ1) is 16.0. The van der Waals surface area contributed by atoms with Crippen molar-refractivity contribution in [3.63, 3.8) is 0 Å². The fourth-order valence-electron chi connectivity index (χ4n) is 2.14. The molecule has 0 atom stereocenters. The Hall–Kier alpha value is -1.38. The molecule has 1 saturated heterocycles. The summed E-state index contributed by atoms with van der Waals surface area (Å²) in [6.45, 7) is 2.21. The van der Waals surface area contributed by atoms with Gasteiger partial charge in [0.25, 0.3) is 10.0 Å². The average molecular weight is 315 g/mol. The predicted octanol–water partition coefficient (Wildman–Crippen LogP) is 0.242. The SMILES string of the molecule is CN(C)S(=O)(=O)c1ccc(CNCC(=O)N2CCCC2)o1. The normalized spacial score (nSPS) is 15.9. The summed E-state index contributed by atoms with van der Waals surface area (Å²) in [5.74, 6) is 0.560. The van der Waals surface area contributed by atoms with E-state index >= 15 is 0 Å². The molecular weight excluding hydrogens is 294 g/mol. The highest BCUT2D eigenvalue weighted by molar-refractivity contribution is 7.88. The molecule has 1 aromatic heterocycles. The van der Waals surface area contributed by atoms with E-state index < -0.39 is 10.0 Å². The molecule has 21 heavy (non-hydrogen) atoms. The first-order chi connectivity index (χ1) is 9.91.